The molecule has 6 heteroatoms. The maximum atomic E-state index is 12.7. The van der Waals surface area contributed by atoms with Gasteiger partial charge in [-0.05, 0) is 42.0 Å². The first-order chi connectivity index (χ1) is 15.1. The zero-order valence-corrected chi connectivity index (χ0v) is 17.7. The van der Waals surface area contributed by atoms with Crippen LogP contribution < -0.4 is 24.8 Å². The minimum absolute atomic E-state index is 0.0634. The molecule has 3 aromatic rings. The Labute approximate surface area is 182 Å². The van der Waals surface area contributed by atoms with E-state index in [0.29, 0.717) is 36.8 Å². The number of nitrogens with two attached hydrogens (primary N) is 1. The van der Waals surface area contributed by atoms with Gasteiger partial charge in [-0.15, -0.1) is 0 Å². The van der Waals surface area contributed by atoms with Gasteiger partial charge in [-0.2, -0.15) is 0 Å². The fourth-order valence-corrected chi connectivity index (χ4v) is 3.91. The molecule has 0 radical (unpaired) electrons. The van der Waals surface area contributed by atoms with Crippen LogP contribution in [-0.2, 0) is 11.4 Å². The molecule has 31 heavy (non-hydrogen) atoms. The quantitative estimate of drug-likeness (QED) is 0.576. The minimum Gasteiger partial charge on any atom is -0.496 e. The monoisotopic (exact) mass is 418 g/mol. The van der Waals surface area contributed by atoms with Crippen LogP contribution in [0.3, 0.4) is 0 Å². The molecule has 1 atom stereocenters. The van der Waals surface area contributed by atoms with Gasteiger partial charge in [-0.25, -0.2) is 0 Å². The molecule has 1 amide bonds. The Morgan fingerprint density at radius 2 is 1.74 bits per heavy atom. The molecule has 1 heterocycles. The fourth-order valence-electron chi connectivity index (χ4n) is 3.91. The normalized spacial score (nSPS) is 15.7. The lowest BCUT2D eigenvalue weighted by Gasteiger charge is -2.18. The van der Waals surface area contributed by atoms with Crippen molar-refractivity contribution in [3.8, 4) is 17.2 Å². The number of carbonyl (C=O) groups is 1. The van der Waals surface area contributed by atoms with Gasteiger partial charge < -0.3 is 24.8 Å². The van der Waals surface area contributed by atoms with Crippen LogP contribution in [0.5, 0.6) is 17.2 Å². The van der Waals surface area contributed by atoms with Crippen molar-refractivity contribution in [3.63, 3.8) is 0 Å². The van der Waals surface area contributed by atoms with Crippen molar-refractivity contribution < 1.29 is 19.0 Å². The molecule has 1 unspecified atom stereocenters. The smallest absolute Gasteiger partial charge is 0.227 e. The number of amides is 1. The van der Waals surface area contributed by atoms with Crippen LogP contribution in [0.2, 0.25) is 0 Å². The molecule has 1 saturated heterocycles. The van der Waals surface area contributed by atoms with E-state index < -0.39 is 0 Å². The van der Waals surface area contributed by atoms with Gasteiger partial charge in [-0.1, -0.05) is 30.3 Å². The number of nitrogen functional groups attached to an aromatic ring is 1. The molecule has 1 aliphatic heterocycles. The summed E-state index contributed by atoms with van der Waals surface area (Å²) in [5, 5.41) is 0. The molecule has 1 fully saturated rings. The molecule has 0 bridgehead atoms. The Kier molecular flexibility index (Phi) is 5.98. The zero-order valence-electron chi connectivity index (χ0n) is 17.7. The predicted molar refractivity (Wildman–Crippen MR) is 121 cm³/mol. The van der Waals surface area contributed by atoms with Crippen molar-refractivity contribution in [2.75, 3.05) is 31.4 Å². The first-order valence-corrected chi connectivity index (χ1v) is 10.2. The Morgan fingerprint density at radius 1 is 0.935 bits per heavy atom. The summed E-state index contributed by atoms with van der Waals surface area (Å²) in [5.74, 6) is 2.21. The van der Waals surface area contributed by atoms with E-state index in [1.165, 1.54) is 0 Å². The molecule has 160 valence electrons. The highest BCUT2D eigenvalue weighted by Crippen LogP contribution is 2.37. The number of nitrogens with zero attached hydrogens (tertiary/aromatic N) is 1. The number of hydrogen-bond donors (Lipinski definition) is 1. The molecule has 1 aliphatic rings. The summed E-state index contributed by atoms with van der Waals surface area (Å²) in [6, 6.07) is 21.0. The predicted octanol–water partition coefficient (Wildman–Crippen LogP) is 4.39. The van der Waals surface area contributed by atoms with E-state index in [0.717, 1.165) is 22.6 Å². The van der Waals surface area contributed by atoms with Gasteiger partial charge in [0.2, 0.25) is 5.91 Å². The lowest BCUT2D eigenvalue weighted by atomic mass is 9.98. The molecule has 3 aromatic carbocycles. The Balaban J connectivity index is 1.54. The Hall–Kier alpha value is -3.67. The summed E-state index contributed by atoms with van der Waals surface area (Å²) in [4.78, 5) is 14.5. The van der Waals surface area contributed by atoms with Gasteiger partial charge in [0.15, 0.2) is 11.5 Å². The summed E-state index contributed by atoms with van der Waals surface area (Å²) < 4.78 is 17.0. The molecule has 4 rings (SSSR count). The van der Waals surface area contributed by atoms with Crippen molar-refractivity contribution in [1.29, 1.82) is 0 Å². The largest absolute Gasteiger partial charge is 0.496 e. The third-order valence-electron chi connectivity index (χ3n) is 5.54. The van der Waals surface area contributed by atoms with E-state index in [-0.39, 0.29) is 11.8 Å². The third-order valence-corrected chi connectivity index (χ3v) is 5.54. The summed E-state index contributed by atoms with van der Waals surface area (Å²) in [7, 11) is 3.26. The number of ether oxygens (including phenoxy) is 3. The van der Waals surface area contributed by atoms with Crippen molar-refractivity contribution in [1.82, 2.24) is 0 Å². The molecule has 0 aromatic heterocycles. The van der Waals surface area contributed by atoms with E-state index in [1.54, 1.807) is 19.1 Å². The highest BCUT2D eigenvalue weighted by molar-refractivity contribution is 5.96. The Bertz CT molecular complexity index is 1080. The second-order valence-corrected chi connectivity index (χ2v) is 7.51. The molecule has 0 saturated carbocycles. The number of methoxy groups -OCH3 is 2. The molecular weight excluding hydrogens is 392 g/mol. The minimum atomic E-state index is 0.0634. The van der Waals surface area contributed by atoms with Crippen molar-refractivity contribution in [3.05, 3.63) is 77.9 Å². The van der Waals surface area contributed by atoms with Crippen LogP contribution in [0.1, 0.15) is 23.5 Å². The van der Waals surface area contributed by atoms with E-state index >= 15 is 0 Å². The number of benzene rings is 3. The van der Waals surface area contributed by atoms with E-state index in [9.17, 15) is 4.79 Å². The van der Waals surface area contributed by atoms with Gasteiger partial charge >= 0.3 is 0 Å². The SMILES string of the molecule is COc1ccccc1COc1cc(C2CC(=O)N(c3cccc(N)c3)C2)ccc1OC. The second kappa shape index (κ2) is 9.00. The lowest BCUT2D eigenvalue weighted by molar-refractivity contribution is -0.117. The summed E-state index contributed by atoms with van der Waals surface area (Å²) in [6.45, 7) is 0.948. The van der Waals surface area contributed by atoms with Gasteiger partial charge in [-0.3, -0.25) is 4.79 Å². The van der Waals surface area contributed by atoms with E-state index in [2.05, 4.69) is 0 Å². The van der Waals surface area contributed by atoms with Gasteiger partial charge in [0.1, 0.15) is 12.4 Å². The highest BCUT2D eigenvalue weighted by atomic mass is 16.5. The number of carbonyl (C=O) groups excluding carboxylic acids is 1. The first-order valence-electron chi connectivity index (χ1n) is 10.2. The number of para-hydroxylation sites is 1. The summed E-state index contributed by atoms with van der Waals surface area (Å²) >= 11 is 0. The van der Waals surface area contributed by atoms with Crippen molar-refractivity contribution in [2.24, 2.45) is 0 Å². The molecule has 6 nitrogen and oxygen atoms in total. The van der Waals surface area contributed by atoms with Crippen LogP contribution >= 0.6 is 0 Å². The second-order valence-electron chi connectivity index (χ2n) is 7.51. The maximum Gasteiger partial charge on any atom is 0.227 e. The van der Waals surface area contributed by atoms with Crippen LogP contribution in [0.25, 0.3) is 0 Å². The third kappa shape index (κ3) is 4.43. The first kappa shape index (κ1) is 20.6. The average Bonchev–Trinajstić information content (AvgIpc) is 3.19. The summed E-state index contributed by atoms with van der Waals surface area (Å²) in [6.07, 6.45) is 0.438. The van der Waals surface area contributed by atoms with Gasteiger partial charge in [0.25, 0.3) is 0 Å². The molecule has 0 spiro atoms. The average molecular weight is 418 g/mol. The van der Waals surface area contributed by atoms with Crippen molar-refractivity contribution >= 4 is 17.3 Å². The van der Waals surface area contributed by atoms with Crippen LogP contribution in [0.15, 0.2) is 66.7 Å². The standard InChI is InChI=1S/C25H26N2O4/c1-29-22-9-4-3-6-18(22)16-31-24-12-17(10-11-23(24)30-2)19-13-25(28)27(15-19)21-8-5-7-20(26)14-21/h3-12,14,19H,13,15-16,26H2,1-2H3. The summed E-state index contributed by atoms with van der Waals surface area (Å²) in [5.41, 5.74) is 9.35. The molecular formula is C25H26N2O4. The highest BCUT2D eigenvalue weighted by Gasteiger charge is 2.32. The molecule has 0 aliphatic carbocycles. The van der Waals surface area contributed by atoms with Gasteiger partial charge in [0, 0.05) is 35.8 Å². The van der Waals surface area contributed by atoms with Crippen LogP contribution in [0.4, 0.5) is 11.4 Å². The molecule has 2 N–H and O–H groups in total. The zero-order chi connectivity index (χ0) is 21.8. The van der Waals surface area contributed by atoms with Crippen LogP contribution in [0, 0.1) is 0 Å². The fraction of sp³-hybridized carbons (Fsp3) is 0.240. The lowest BCUT2D eigenvalue weighted by Crippen LogP contribution is -2.24. The van der Waals surface area contributed by atoms with Crippen molar-refractivity contribution in [2.45, 2.75) is 18.9 Å². The maximum absolute atomic E-state index is 12.7. The Morgan fingerprint density at radius 3 is 2.52 bits per heavy atom. The number of rotatable bonds is 7. The number of anilines is 2. The van der Waals surface area contributed by atoms with Crippen LogP contribution in [-0.4, -0.2) is 26.7 Å². The number of hydrogen-bond acceptors (Lipinski definition) is 5. The van der Waals surface area contributed by atoms with Gasteiger partial charge in [0.05, 0.1) is 14.2 Å². The van der Waals surface area contributed by atoms with E-state index in [1.807, 2.05) is 66.7 Å². The van der Waals surface area contributed by atoms with E-state index in [4.69, 9.17) is 19.9 Å². The topological polar surface area (TPSA) is 74.0 Å².